The lowest BCUT2D eigenvalue weighted by Gasteiger charge is -2.35. The van der Waals surface area contributed by atoms with E-state index in [0.717, 1.165) is 5.56 Å². The van der Waals surface area contributed by atoms with Crippen molar-refractivity contribution in [1.82, 2.24) is 4.57 Å². The number of hydrogen-bond acceptors (Lipinski definition) is 7. The molecule has 0 unspecified atom stereocenters. The Morgan fingerprint density at radius 1 is 1.00 bits per heavy atom. The van der Waals surface area contributed by atoms with Crippen LogP contribution in [0, 0.1) is 6.92 Å². The van der Waals surface area contributed by atoms with Crippen LogP contribution in [-0.4, -0.2) is 51.7 Å². The SMILES string of the molecule is COC(=O)c1cn(C(=O)[C@H]2CN(S(=O)(=O)c3ccc(OC)cc3)c3cc(C)ccc3O2)c2ccccc12. The summed E-state index contributed by atoms with van der Waals surface area (Å²) in [6.45, 7) is 1.58. The van der Waals surface area contributed by atoms with Gasteiger partial charge >= 0.3 is 5.97 Å². The number of sulfonamides is 1. The fourth-order valence-electron chi connectivity index (χ4n) is 4.38. The van der Waals surface area contributed by atoms with Crippen molar-refractivity contribution in [3.05, 3.63) is 84.1 Å². The van der Waals surface area contributed by atoms with E-state index in [-0.39, 0.29) is 22.8 Å². The van der Waals surface area contributed by atoms with Crippen molar-refractivity contribution in [1.29, 1.82) is 0 Å². The van der Waals surface area contributed by atoms with E-state index in [9.17, 15) is 18.0 Å². The van der Waals surface area contributed by atoms with Crippen LogP contribution in [0.3, 0.4) is 0 Å². The number of carbonyl (C=O) groups excluding carboxylic acids is 2. The third kappa shape index (κ3) is 4.19. The predicted octanol–water partition coefficient (Wildman–Crippen LogP) is 4.04. The first-order valence-electron chi connectivity index (χ1n) is 11.4. The van der Waals surface area contributed by atoms with Gasteiger partial charge in [-0.15, -0.1) is 0 Å². The van der Waals surface area contributed by atoms with Gasteiger partial charge in [0.25, 0.3) is 15.9 Å². The Kier molecular flexibility index (Phi) is 6.12. The highest BCUT2D eigenvalue weighted by Gasteiger charge is 2.39. The van der Waals surface area contributed by atoms with Crippen LogP contribution in [0.2, 0.25) is 0 Å². The molecule has 1 aromatic heterocycles. The average Bonchev–Trinajstić information content (AvgIpc) is 3.31. The normalized spacial score (nSPS) is 15.1. The Bertz CT molecular complexity index is 1620. The lowest BCUT2D eigenvalue weighted by atomic mass is 10.1. The molecule has 3 aromatic carbocycles. The molecule has 0 spiro atoms. The van der Waals surface area contributed by atoms with Crippen LogP contribution >= 0.6 is 0 Å². The Morgan fingerprint density at radius 2 is 1.73 bits per heavy atom. The summed E-state index contributed by atoms with van der Waals surface area (Å²) < 4.78 is 46.1. The van der Waals surface area contributed by atoms with E-state index in [1.807, 2.05) is 6.92 Å². The van der Waals surface area contributed by atoms with Gasteiger partial charge in [-0.3, -0.25) is 13.7 Å². The largest absolute Gasteiger partial charge is 0.497 e. The molecule has 0 saturated carbocycles. The molecule has 1 atom stereocenters. The monoisotopic (exact) mass is 520 g/mol. The van der Waals surface area contributed by atoms with Crippen molar-refractivity contribution >= 4 is 38.5 Å². The van der Waals surface area contributed by atoms with Crippen LogP contribution in [0.5, 0.6) is 11.5 Å². The lowest BCUT2D eigenvalue weighted by molar-refractivity contribution is 0.0602. The standard InChI is InChI=1S/C27H24N2O7S/c1-17-8-13-24-23(14-17)29(37(32,33)19-11-9-18(34-2)10-12-19)16-25(36-24)26(30)28-15-21(27(31)35-3)20-6-4-5-7-22(20)28/h4-15,25H,16H2,1-3H3/t25-/m1/s1. The number of esters is 1. The third-order valence-corrected chi connectivity index (χ3v) is 8.06. The van der Waals surface area contributed by atoms with Crippen LogP contribution in [0.1, 0.15) is 20.7 Å². The second kappa shape index (κ2) is 9.29. The quantitative estimate of drug-likeness (QED) is 0.366. The summed E-state index contributed by atoms with van der Waals surface area (Å²) in [5, 5.41) is 0.539. The minimum atomic E-state index is -4.06. The second-order valence-corrected chi connectivity index (χ2v) is 10.4. The maximum absolute atomic E-state index is 13.8. The molecule has 9 nitrogen and oxygen atoms in total. The zero-order valence-electron chi connectivity index (χ0n) is 20.4. The van der Waals surface area contributed by atoms with E-state index in [2.05, 4.69) is 0 Å². The van der Waals surface area contributed by atoms with E-state index in [1.54, 1.807) is 54.6 Å². The summed E-state index contributed by atoms with van der Waals surface area (Å²) in [4.78, 5) is 26.2. The van der Waals surface area contributed by atoms with Gasteiger partial charge in [0.05, 0.1) is 42.4 Å². The Labute approximate surface area is 213 Å². The molecule has 4 aromatic rings. The maximum atomic E-state index is 13.8. The van der Waals surface area contributed by atoms with Crippen molar-refractivity contribution in [3.8, 4) is 11.5 Å². The minimum Gasteiger partial charge on any atom is -0.497 e. The molecule has 0 amide bonds. The third-order valence-electron chi connectivity index (χ3n) is 6.26. The summed E-state index contributed by atoms with van der Waals surface area (Å²) in [6, 6.07) is 18.1. The number of aromatic nitrogens is 1. The number of fused-ring (bicyclic) bond motifs is 2. The number of rotatable bonds is 5. The summed E-state index contributed by atoms with van der Waals surface area (Å²) in [5.74, 6) is -0.326. The number of hydrogen-bond donors (Lipinski definition) is 0. The minimum absolute atomic E-state index is 0.0493. The molecular formula is C27H24N2O7S. The summed E-state index contributed by atoms with van der Waals surface area (Å²) in [6.07, 6.45) is 0.222. The molecule has 0 fully saturated rings. The molecule has 10 heteroatoms. The molecule has 0 aliphatic carbocycles. The van der Waals surface area contributed by atoms with E-state index in [0.29, 0.717) is 22.3 Å². The zero-order valence-corrected chi connectivity index (χ0v) is 21.2. The summed E-state index contributed by atoms with van der Waals surface area (Å²) in [7, 11) is -1.30. The molecule has 0 saturated heterocycles. The van der Waals surface area contributed by atoms with Crippen molar-refractivity contribution in [2.45, 2.75) is 17.9 Å². The van der Waals surface area contributed by atoms with Crippen molar-refractivity contribution in [2.24, 2.45) is 0 Å². The van der Waals surface area contributed by atoms with Crippen molar-refractivity contribution < 1.29 is 32.2 Å². The number of carbonyl (C=O) groups is 2. The summed E-state index contributed by atoms with van der Waals surface area (Å²) >= 11 is 0. The van der Waals surface area contributed by atoms with Gasteiger partial charge in [0.15, 0.2) is 6.10 Å². The van der Waals surface area contributed by atoms with E-state index >= 15 is 0 Å². The molecule has 37 heavy (non-hydrogen) atoms. The molecule has 0 N–H and O–H groups in total. The molecule has 2 heterocycles. The second-order valence-electron chi connectivity index (χ2n) is 8.55. The first-order valence-corrected chi connectivity index (χ1v) is 12.9. The van der Waals surface area contributed by atoms with E-state index in [1.165, 1.54) is 41.4 Å². The number of benzene rings is 3. The van der Waals surface area contributed by atoms with Crippen LogP contribution < -0.4 is 13.8 Å². The van der Waals surface area contributed by atoms with Crippen LogP contribution in [0.15, 0.2) is 77.8 Å². The highest BCUT2D eigenvalue weighted by atomic mass is 32.2. The van der Waals surface area contributed by atoms with Gasteiger partial charge in [0.2, 0.25) is 0 Å². The van der Waals surface area contributed by atoms with Gasteiger partial charge in [-0.25, -0.2) is 13.2 Å². The number of para-hydroxylation sites is 1. The van der Waals surface area contributed by atoms with Gasteiger partial charge in [0, 0.05) is 11.6 Å². The molecule has 190 valence electrons. The summed E-state index contributed by atoms with van der Waals surface area (Å²) in [5.41, 5.74) is 1.88. The predicted molar refractivity (Wildman–Crippen MR) is 137 cm³/mol. The number of anilines is 1. The molecule has 1 aliphatic heterocycles. The van der Waals surface area contributed by atoms with Crippen LogP contribution in [-0.2, 0) is 14.8 Å². The van der Waals surface area contributed by atoms with Gasteiger partial charge in [-0.05, 0) is 55.0 Å². The van der Waals surface area contributed by atoms with E-state index < -0.39 is 28.0 Å². The van der Waals surface area contributed by atoms with Gasteiger partial charge < -0.3 is 14.2 Å². The van der Waals surface area contributed by atoms with Gasteiger partial charge in [-0.2, -0.15) is 0 Å². The van der Waals surface area contributed by atoms with Crippen molar-refractivity contribution in [3.63, 3.8) is 0 Å². The molecule has 5 rings (SSSR count). The molecule has 0 radical (unpaired) electrons. The fourth-order valence-corrected chi connectivity index (χ4v) is 5.85. The highest BCUT2D eigenvalue weighted by Crippen LogP contribution is 2.38. The fraction of sp³-hybridized carbons (Fsp3) is 0.185. The first kappa shape index (κ1) is 24.4. The van der Waals surface area contributed by atoms with Gasteiger partial charge in [-0.1, -0.05) is 24.3 Å². The van der Waals surface area contributed by atoms with Crippen LogP contribution in [0.4, 0.5) is 5.69 Å². The zero-order chi connectivity index (χ0) is 26.3. The smallest absolute Gasteiger partial charge is 0.340 e. The molecule has 1 aliphatic rings. The van der Waals surface area contributed by atoms with Crippen LogP contribution in [0.25, 0.3) is 10.9 Å². The lowest BCUT2D eigenvalue weighted by Crippen LogP contribution is -2.48. The molecular weight excluding hydrogens is 496 g/mol. The number of ether oxygens (including phenoxy) is 3. The van der Waals surface area contributed by atoms with Gasteiger partial charge in [0.1, 0.15) is 11.5 Å². The maximum Gasteiger partial charge on any atom is 0.340 e. The number of nitrogens with zero attached hydrogens (tertiary/aromatic N) is 2. The Balaban J connectivity index is 1.59. The highest BCUT2D eigenvalue weighted by molar-refractivity contribution is 7.92. The number of methoxy groups -OCH3 is 2. The Hall–Kier alpha value is -4.31. The van der Waals surface area contributed by atoms with Crippen molar-refractivity contribution in [2.75, 3.05) is 25.1 Å². The molecule has 0 bridgehead atoms. The first-order chi connectivity index (χ1) is 17.7. The van der Waals surface area contributed by atoms with E-state index in [4.69, 9.17) is 14.2 Å². The number of aryl methyl sites for hydroxylation is 1. The Morgan fingerprint density at radius 3 is 2.43 bits per heavy atom. The topological polar surface area (TPSA) is 104 Å². The average molecular weight is 521 g/mol.